The summed E-state index contributed by atoms with van der Waals surface area (Å²) in [6.45, 7) is 2.05. The van der Waals surface area contributed by atoms with Crippen LogP contribution < -0.4 is 4.90 Å². The highest BCUT2D eigenvalue weighted by molar-refractivity contribution is 6.11. The number of ketones is 1. The van der Waals surface area contributed by atoms with Crippen molar-refractivity contribution in [3.63, 3.8) is 0 Å². The number of benzene rings is 3. The molecule has 28 heavy (non-hydrogen) atoms. The average molecular weight is 371 g/mol. The van der Waals surface area contributed by atoms with Crippen molar-refractivity contribution in [3.05, 3.63) is 102 Å². The molecule has 0 spiro atoms. The number of nitrogens with zero attached hydrogens (tertiary/aromatic N) is 1. The molecule has 1 aliphatic rings. The van der Waals surface area contributed by atoms with Crippen LogP contribution in [0.1, 0.15) is 40.4 Å². The summed E-state index contributed by atoms with van der Waals surface area (Å²) in [7, 11) is 0. The van der Waals surface area contributed by atoms with Gasteiger partial charge >= 0.3 is 6.09 Å². The van der Waals surface area contributed by atoms with E-state index >= 15 is 0 Å². The highest BCUT2D eigenvalue weighted by atomic mass is 16.6. The second-order valence-electron chi connectivity index (χ2n) is 6.69. The first-order valence-electron chi connectivity index (χ1n) is 9.41. The highest BCUT2D eigenvalue weighted by Crippen LogP contribution is 2.46. The quantitative estimate of drug-likeness (QED) is 0.622. The molecule has 0 fully saturated rings. The lowest BCUT2D eigenvalue weighted by molar-refractivity contribution is 0.0932. The Bertz CT molecular complexity index is 985. The number of ether oxygens (including phenoxy) is 1. The molecular weight excluding hydrogens is 350 g/mol. The van der Waals surface area contributed by atoms with Gasteiger partial charge in [0.05, 0.1) is 24.3 Å². The number of fused-ring (bicyclic) bond motifs is 1. The van der Waals surface area contributed by atoms with Gasteiger partial charge in [-0.2, -0.15) is 0 Å². The standard InChI is InChI=1S/C24H21NO3/c1-2-28-24(27)25-20-16-10-9-15-19(20)23(26)21(17-11-5-3-6-12-17)22(25)18-13-7-4-8-14-18/h3-16,21-22H,2H2,1H3/t21-,22-/m0/s1. The predicted octanol–water partition coefficient (Wildman–Crippen LogP) is 5.37. The van der Waals surface area contributed by atoms with E-state index in [4.69, 9.17) is 4.74 Å². The van der Waals surface area contributed by atoms with Gasteiger partial charge in [0.15, 0.2) is 5.78 Å². The second-order valence-corrected chi connectivity index (χ2v) is 6.69. The fourth-order valence-electron chi connectivity index (χ4n) is 3.89. The number of amides is 1. The highest BCUT2D eigenvalue weighted by Gasteiger charge is 2.45. The summed E-state index contributed by atoms with van der Waals surface area (Å²) >= 11 is 0. The number of carbonyl (C=O) groups excluding carboxylic acids is 2. The maximum absolute atomic E-state index is 13.5. The molecule has 1 amide bonds. The molecule has 3 aromatic carbocycles. The smallest absolute Gasteiger partial charge is 0.414 e. The number of Topliss-reactive ketones (excluding diaryl/α,β-unsaturated/α-hetero) is 1. The first kappa shape index (κ1) is 18.0. The van der Waals surface area contributed by atoms with Crippen LogP contribution in [-0.2, 0) is 4.74 Å². The zero-order valence-corrected chi connectivity index (χ0v) is 15.6. The minimum absolute atomic E-state index is 0.0104. The number of rotatable bonds is 3. The topological polar surface area (TPSA) is 46.6 Å². The SMILES string of the molecule is CCOC(=O)N1c2ccccc2C(=O)[C@@H](c2ccccc2)[C@@H]1c1ccccc1. The average Bonchev–Trinajstić information content (AvgIpc) is 2.75. The third-order valence-electron chi connectivity index (χ3n) is 5.07. The number of hydrogen-bond donors (Lipinski definition) is 0. The van der Waals surface area contributed by atoms with E-state index in [1.54, 1.807) is 24.0 Å². The Kier molecular flexibility index (Phi) is 4.94. The van der Waals surface area contributed by atoms with E-state index < -0.39 is 18.1 Å². The van der Waals surface area contributed by atoms with Crippen LogP contribution in [0.15, 0.2) is 84.9 Å². The lowest BCUT2D eigenvalue weighted by Crippen LogP contribution is -2.45. The molecule has 2 atom stereocenters. The third kappa shape index (κ3) is 3.07. The molecule has 3 aromatic rings. The van der Waals surface area contributed by atoms with Crippen LogP contribution in [0.3, 0.4) is 0 Å². The molecule has 0 saturated carbocycles. The van der Waals surface area contributed by atoms with Gasteiger partial charge < -0.3 is 4.74 Å². The maximum atomic E-state index is 13.5. The Morgan fingerprint density at radius 2 is 1.43 bits per heavy atom. The van der Waals surface area contributed by atoms with Crippen molar-refractivity contribution in [1.82, 2.24) is 0 Å². The van der Waals surface area contributed by atoms with E-state index in [-0.39, 0.29) is 12.4 Å². The van der Waals surface area contributed by atoms with Crippen LogP contribution in [0.4, 0.5) is 10.5 Å². The monoisotopic (exact) mass is 371 g/mol. The van der Waals surface area contributed by atoms with Crippen LogP contribution in [0, 0.1) is 0 Å². The number of anilines is 1. The summed E-state index contributed by atoms with van der Waals surface area (Å²) in [5.74, 6) is -0.501. The van der Waals surface area contributed by atoms with Crippen LogP contribution in [0.2, 0.25) is 0 Å². The van der Waals surface area contributed by atoms with E-state index in [0.717, 1.165) is 11.1 Å². The van der Waals surface area contributed by atoms with Gasteiger partial charge in [0.25, 0.3) is 0 Å². The summed E-state index contributed by atoms with van der Waals surface area (Å²) in [5.41, 5.74) is 2.90. The van der Waals surface area contributed by atoms with Crippen molar-refractivity contribution in [1.29, 1.82) is 0 Å². The summed E-state index contributed by atoms with van der Waals surface area (Å²) in [6, 6.07) is 26.1. The van der Waals surface area contributed by atoms with Gasteiger partial charge in [-0.1, -0.05) is 72.8 Å². The lowest BCUT2D eigenvalue weighted by atomic mass is 9.77. The Hall–Kier alpha value is -3.40. The van der Waals surface area contributed by atoms with Crippen LogP contribution in [0.5, 0.6) is 0 Å². The Morgan fingerprint density at radius 1 is 0.857 bits per heavy atom. The molecule has 0 saturated heterocycles. The van der Waals surface area contributed by atoms with Gasteiger partial charge in [0, 0.05) is 5.56 Å². The van der Waals surface area contributed by atoms with Gasteiger partial charge in [-0.25, -0.2) is 4.79 Å². The van der Waals surface area contributed by atoms with Gasteiger partial charge in [0.2, 0.25) is 0 Å². The molecule has 0 aromatic heterocycles. The molecule has 4 nitrogen and oxygen atoms in total. The van der Waals surface area contributed by atoms with Gasteiger partial charge in [-0.05, 0) is 30.2 Å². The zero-order chi connectivity index (χ0) is 19.5. The van der Waals surface area contributed by atoms with Crippen molar-refractivity contribution in [2.24, 2.45) is 0 Å². The van der Waals surface area contributed by atoms with Crippen LogP contribution in [-0.4, -0.2) is 18.5 Å². The lowest BCUT2D eigenvalue weighted by Gasteiger charge is -2.41. The fraction of sp³-hybridized carbons (Fsp3) is 0.167. The van der Waals surface area contributed by atoms with Gasteiger partial charge in [0.1, 0.15) is 0 Å². The molecule has 0 radical (unpaired) electrons. The van der Waals surface area contributed by atoms with Gasteiger partial charge in [-0.3, -0.25) is 9.69 Å². The minimum Gasteiger partial charge on any atom is -0.449 e. The van der Waals surface area contributed by atoms with E-state index in [9.17, 15) is 9.59 Å². The molecule has 4 heteroatoms. The van der Waals surface area contributed by atoms with E-state index in [2.05, 4.69) is 0 Å². The number of hydrogen-bond acceptors (Lipinski definition) is 3. The molecular formula is C24H21NO3. The first-order valence-corrected chi connectivity index (χ1v) is 9.41. The Labute approximate surface area is 164 Å². The van der Waals surface area contributed by atoms with Crippen molar-refractivity contribution in [3.8, 4) is 0 Å². The maximum Gasteiger partial charge on any atom is 0.414 e. The van der Waals surface area contributed by atoms with Crippen molar-refractivity contribution < 1.29 is 14.3 Å². The predicted molar refractivity (Wildman–Crippen MR) is 109 cm³/mol. The van der Waals surface area contributed by atoms with Crippen molar-refractivity contribution in [2.45, 2.75) is 18.9 Å². The summed E-state index contributed by atoms with van der Waals surface area (Å²) in [4.78, 5) is 28.2. The van der Waals surface area contributed by atoms with Crippen LogP contribution >= 0.6 is 0 Å². The second kappa shape index (κ2) is 7.69. The third-order valence-corrected chi connectivity index (χ3v) is 5.07. The fourth-order valence-corrected chi connectivity index (χ4v) is 3.89. The normalized spacial score (nSPS) is 18.5. The number of para-hydroxylation sites is 1. The summed E-state index contributed by atoms with van der Waals surface area (Å²) in [6.07, 6.45) is -0.447. The Balaban J connectivity index is 1.97. The summed E-state index contributed by atoms with van der Waals surface area (Å²) < 4.78 is 5.39. The molecule has 4 rings (SSSR count). The summed E-state index contributed by atoms with van der Waals surface area (Å²) in [5, 5.41) is 0. The van der Waals surface area contributed by atoms with Crippen molar-refractivity contribution >= 4 is 17.6 Å². The van der Waals surface area contributed by atoms with E-state index in [1.165, 1.54) is 0 Å². The molecule has 140 valence electrons. The molecule has 0 bridgehead atoms. The molecule has 0 aliphatic carbocycles. The van der Waals surface area contributed by atoms with E-state index in [0.29, 0.717) is 11.3 Å². The van der Waals surface area contributed by atoms with Gasteiger partial charge in [-0.15, -0.1) is 0 Å². The van der Waals surface area contributed by atoms with E-state index in [1.807, 2.05) is 72.8 Å². The molecule has 1 aliphatic heterocycles. The molecule has 0 N–H and O–H groups in total. The van der Waals surface area contributed by atoms with Crippen LogP contribution in [0.25, 0.3) is 0 Å². The number of carbonyl (C=O) groups is 2. The molecule has 0 unspecified atom stereocenters. The zero-order valence-electron chi connectivity index (χ0n) is 15.6. The first-order chi connectivity index (χ1) is 13.7. The Morgan fingerprint density at radius 3 is 2.07 bits per heavy atom. The molecule has 1 heterocycles. The van der Waals surface area contributed by atoms with Crippen molar-refractivity contribution in [2.75, 3.05) is 11.5 Å². The minimum atomic E-state index is -0.511. The largest absolute Gasteiger partial charge is 0.449 e.